The molecule has 0 amide bonds. The Balaban J connectivity index is 2.90. The lowest BCUT2D eigenvalue weighted by Crippen LogP contribution is -2.25. The molecule has 0 aliphatic rings. The minimum Gasteiger partial charge on any atom is -0.372 e. The lowest BCUT2D eigenvalue weighted by molar-refractivity contribution is 0.754. The fraction of sp³-hybridized carbons (Fsp3) is 0.500. The van der Waals surface area contributed by atoms with Crippen molar-refractivity contribution in [1.29, 1.82) is 0 Å². The predicted octanol–water partition coefficient (Wildman–Crippen LogP) is 2.79. The first kappa shape index (κ1) is 12.5. The summed E-state index contributed by atoms with van der Waals surface area (Å²) in [6.07, 6.45) is 0.923. The highest BCUT2D eigenvalue weighted by atomic mass is 79.9. The molecule has 1 aromatic carbocycles. The molecular formula is C12H19BrN2. The summed E-state index contributed by atoms with van der Waals surface area (Å²) in [5.74, 6) is 0. The van der Waals surface area contributed by atoms with Crippen LogP contribution in [0.5, 0.6) is 0 Å². The lowest BCUT2D eigenvalue weighted by atomic mass is 10.1. The molecule has 0 fully saturated rings. The number of nitrogens with two attached hydrogens (primary N) is 1. The second kappa shape index (κ2) is 5.52. The summed E-state index contributed by atoms with van der Waals surface area (Å²) in [4.78, 5) is 2.25. The number of nitrogens with zero attached hydrogens (tertiary/aromatic N) is 1. The van der Waals surface area contributed by atoms with Crippen molar-refractivity contribution in [3.05, 3.63) is 28.2 Å². The lowest BCUT2D eigenvalue weighted by Gasteiger charge is -2.24. The predicted molar refractivity (Wildman–Crippen MR) is 70.4 cm³/mol. The van der Waals surface area contributed by atoms with Crippen LogP contribution in [0.15, 0.2) is 22.7 Å². The molecule has 0 bridgehead atoms. The van der Waals surface area contributed by atoms with Gasteiger partial charge in [0, 0.05) is 23.2 Å². The van der Waals surface area contributed by atoms with Crippen LogP contribution in [0, 0.1) is 0 Å². The molecule has 2 N–H and O–H groups in total. The summed E-state index contributed by atoms with van der Waals surface area (Å²) in [5.41, 5.74) is 8.05. The molecule has 0 spiro atoms. The van der Waals surface area contributed by atoms with Gasteiger partial charge in [0.1, 0.15) is 0 Å². The van der Waals surface area contributed by atoms with E-state index in [1.807, 2.05) is 0 Å². The Morgan fingerprint density at radius 1 is 1.40 bits per heavy atom. The molecule has 0 saturated carbocycles. The minimum atomic E-state index is 0.511. The van der Waals surface area contributed by atoms with Crippen LogP contribution >= 0.6 is 15.9 Å². The smallest absolute Gasteiger partial charge is 0.0377 e. The first-order valence-electron chi connectivity index (χ1n) is 5.27. The van der Waals surface area contributed by atoms with Crippen LogP contribution in [0.2, 0.25) is 0 Å². The summed E-state index contributed by atoms with van der Waals surface area (Å²) in [6.45, 7) is 5.06. The number of anilines is 1. The van der Waals surface area contributed by atoms with Gasteiger partial charge in [-0.1, -0.05) is 22.0 Å². The summed E-state index contributed by atoms with van der Waals surface area (Å²) in [6, 6.07) is 6.96. The van der Waals surface area contributed by atoms with Crippen LogP contribution < -0.4 is 10.6 Å². The maximum absolute atomic E-state index is 5.54. The Hall–Kier alpha value is -0.540. The Bertz CT molecular complexity index is 323. The normalized spacial score (nSPS) is 10.8. The maximum Gasteiger partial charge on any atom is 0.0377 e. The van der Waals surface area contributed by atoms with Gasteiger partial charge in [-0.2, -0.15) is 0 Å². The highest BCUT2D eigenvalue weighted by Crippen LogP contribution is 2.24. The number of rotatable bonds is 4. The first-order chi connectivity index (χ1) is 7.06. The highest BCUT2D eigenvalue weighted by molar-refractivity contribution is 9.10. The van der Waals surface area contributed by atoms with Gasteiger partial charge in [0.25, 0.3) is 0 Å². The molecule has 84 valence electrons. The second-order valence-corrected chi connectivity index (χ2v) is 4.87. The van der Waals surface area contributed by atoms with Crippen LogP contribution in [-0.4, -0.2) is 19.6 Å². The molecule has 1 aromatic rings. The Morgan fingerprint density at radius 2 is 2.07 bits per heavy atom. The zero-order valence-electron chi connectivity index (χ0n) is 9.63. The van der Waals surface area contributed by atoms with E-state index in [4.69, 9.17) is 5.73 Å². The SMILES string of the molecule is CC(C)N(C)c1ccc(CCN)c(Br)c1. The molecular weight excluding hydrogens is 252 g/mol. The minimum absolute atomic E-state index is 0.511. The van der Waals surface area contributed by atoms with Gasteiger partial charge in [0.2, 0.25) is 0 Å². The van der Waals surface area contributed by atoms with E-state index in [2.05, 4.69) is 59.9 Å². The van der Waals surface area contributed by atoms with E-state index in [9.17, 15) is 0 Å². The molecule has 0 aliphatic carbocycles. The molecule has 0 aromatic heterocycles. The van der Waals surface area contributed by atoms with Crippen molar-refractivity contribution in [3.63, 3.8) is 0 Å². The first-order valence-corrected chi connectivity index (χ1v) is 6.07. The molecule has 0 unspecified atom stereocenters. The zero-order valence-corrected chi connectivity index (χ0v) is 11.2. The largest absolute Gasteiger partial charge is 0.372 e. The third-order valence-corrected chi connectivity index (χ3v) is 3.37. The third kappa shape index (κ3) is 3.21. The van der Waals surface area contributed by atoms with Crippen LogP contribution in [0.25, 0.3) is 0 Å². The number of benzene rings is 1. The van der Waals surface area contributed by atoms with E-state index in [0.717, 1.165) is 10.9 Å². The van der Waals surface area contributed by atoms with Gasteiger partial charge in [-0.05, 0) is 44.5 Å². The van der Waals surface area contributed by atoms with Crippen LogP contribution in [0.4, 0.5) is 5.69 Å². The van der Waals surface area contributed by atoms with Crippen molar-refractivity contribution in [2.24, 2.45) is 5.73 Å². The van der Waals surface area contributed by atoms with Gasteiger partial charge < -0.3 is 10.6 Å². The van der Waals surface area contributed by atoms with E-state index in [1.165, 1.54) is 11.3 Å². The molecule has 0 heterocycles. The topological polar surface area (TPSA) is 29.3 Å². The van der Waals surface area contributed by atoms with E-state index in [1.54, 1.807) is 0 Å². The van der Waals surface area contributed by atoms with Crippen molar-refractivity contribution < 1.29 is 0 Å². The average Bonchev–Trinajstić information content (AvgIpc) is 2.20. The van der Waals surface area contributed by atoms with E-state index in [-0.39, 0.29) is 0 Å². The van der Waals surface area contributed by atoms with E-state index >= 15 is 0 Å². The standard InChI is InChI=1S/C12H19BrN2/c1-9(2)15(3)11-5-4-10(6-7-14)12(13)8-11/h4-5,8-9H,6-7,14H2,1-3H3. The second-order valence-electron chi connectivity index (χ2n) is 4.02. The third-order valence-electron chi connectivity index (χ3n) is 2.63. The Kier molecular flexibility index (Phi) is 4.61. The van der Waals surface area contributed by atoms with E-state index in [0.29, 0.717) is 12.6 Å². The molecule has 0 radical (unpaired) electrons. The average molecular weight is 271 g/mol. The van der Waals surface area contributed by atoms with Crippen molar-refractivity contribution in [1.82, 2.24) is 0 Å². The summed E-state index contributed by atoms with van der Waals surface area (Å²) in [5, 5.41) is 0. The van der Waals surface area contributed by atoms with Crippen molar-refractivity contribution >= 4 is 21.6 Å². The van der Waals surface area contributed by atoms with Crippen molar-refractivity contribution in [2.45, 2.75) is 26.3 Å². The molecule has 15 heavy (non-hydrogen) atoms. The summed E-state index contributed by atoms with van der Waals surface area (Å²) in [7, 11) is 2.11. The van der Waals surface area contributed by atoms with Crippen LogP contribution in [0.3, 0.4) is 0 Å². The number of hydrogen-bond acceptors (Lipinski definition) is 2. The van der Waals surface area contributed by atoms with Gasteiger partial charge in [-0.3, -0.25) is 0 Å². The van der Waals surface area contributed by atoms with Gasteiger partial charge in [0.15, 0.2) is 0 Å². The Morgan fingerprint density at radius 3 is 2.53 bits per heavy atom. The van der Waals surface area contributed by atoms with Gasteiger partial charge in [0.05, 0.1) is 0 Å². The number of halogens is 1. The quantitative estimate of drug-likeness (QED) is 0.912. The molecule has 2 nitrogen and oxygen atoms in total. The van der Waals surface area contributed by atoms with Crippen molar-refractivity contribution in [3.8, 4) is 0 Å². The zero-order chi connectivity index (χ0) is 11.4. The summed E-state index contributed by atoms with van der Waals surface area (Å²) >= 11 is 3.58. The molecule has 0 aliphatic heterocycles. The fourth-order valence-corrected chi connectivity index (χ4v) is 1.98. The van der Waals surface area contributed by atoms with Crippen LogP contribution in [-0.2, 0) is 6.42 Å². The monoisotopic (exact) mass is 270 g/mol. The van der Waals surface area contributed by atoms with Crippen molar-refractivity contribution in [2.75, 3.05) is 18.5 Å². The fourth-order valence-electron chi connectivity index (χ4n) is 1.41. The van der Waals surface area contributed by atoms with Gasteiger partial charge >= 0.3 is 0 Å². The molecule has 0 saturated heterocycles. The van der Waals surface area contributed by atoms with Gasteiger partial charge in [-0.25, -0.2) is 0 Å². The highest BCUT2D eigenvalue weighted by Gasteiger charge is 2.07. The van der Waals surface area contributed by atoms with Crippen LogP contribution in [0.1, 0.15) is 19.4 Å². The molecule has 1 rings (SSSR count). The van der Waals surface area contributed by atoms with Gasteiger partial charge in [-0.15, -0.1) is 0 Å². The maximum atomic E-state index is 5.54. The number of hydrogen-bond donors (Lipinski definition) is 1. The molecule has 0 atom stereocenters. The molecule has 3 heteroatoms. The summed E-state index contributed by atoms with van der Waals surface area (Å²) < 4.78 is 1.15. The Labute approximate surface area is 101 Å². The van der Waals surface area contributed by atoms with E-state index < -0.39 is 0 Å².